The molecule has 11 nitrogen and oxygen atoms in total. The lowest BCUT2D eigenvalue weighted by atomic mass is 9.87. The molecule has 3 aromatic heterocycles. The van der Waals surface area contributed by atoms with Crippen LogP contribution in [-0.2, 0) is 23.0 Å². The van der Waals surface area contributed by atoms with Crippen molar-refractivity contribution in [3.05, 3.63) is 29.3 Å². The number of ether oxygens (including phenoxy) is 2. The van der Waals surface area contributed by atoms with Crippen molar-refractivity contribution >= 4 is 5.97 Å². The highest BCUT2D eigenvalue weighted by Crippen LogP contribution is 2.31. The smallest absolute Gasteiger partial charge is 0.308 e. The molecule has 11 heteroatoms. The summed E-state index contributed by atoms with van der Waals surface area (Å²) in [4.78, 5) is 16.5. The van der Waals surface area contributed by atoms with E-state index in [1.165, 1.54) is 7.11 Å². The van der Waals surface area contributed by atoms with Gasteiger partial charge in [-0.3, -0.25) is 9.48 Å². The summed E-state index contributed by atoms with van der Waals surface area (Å²) >= 11 is 0. The Hall–Kier alpha value is -3.37. The molecule has 0 spiro atoms. The normalized spacial score (nSPS) is 18.9. The van der Waals surface area contributed by atoms with Gasteiger partial charge in [0.25, 0.3) is 0 Å². The lowest BCUT2D eigenvalue weighted by Crippen LogP contribution is -2.30. The quantitative estimate of drug-likeness (QED) is 0.596. The molecule has 4 rings (SSSR count). The topological polar surface area (TPSA) is 134 Å². The van der Waals surface area contributed by atoms with E-state index in [2.05, 4.69) is 35.9 Å². The third kappa shape index (κ3) is 4.14. The van der Waals surface area contributed by atoms with Gasteiger partial charge in [-0.15, -0.1) is 15.3 Å². The second-order valence-electron chi connectivity index (χ2n) is 7.42. The second kappa shape index (κ2) is 8.56. The van der Waals surface area contributed by atoms with Gasteiger partial charge in [0.05, 0.1) is 42.6 Å². The first-order valence-electron chi connectivity index (χ1n) is 9.88. The van der Waals surface area contributed by atoms with Crippen LogP contribution < -0.4 is 4.74 Å². The van der Waals surface area contributed by atoms with Crippen molar-refractivity contribution < 1.29 is 14.3 Å². The Bertz CT molecular complexity index is 1020. The second-order valence-corrected chi connectivity index (χ2v) is 7.42. The molecule has 0 aromatic carbocycles. The maximum atomic E-state index is 11.9. The minimum Gasteiger partial charge on any atom is -0.489 e. The number of tetrazole rings is 1. The number of nitrogens with one attached hydrogen (secondary N) is 1. The Labute approximate surface area is 173 Å². The summed E-state index contributed by atoms with van der Waals surface area (Å²) in [6.45, 7) is 1.90. The van der Waals surface area contributed by atoms with Crippen molar-refractivity contribution in [2.45, 2.75) is 45.1 Å². The van der Waals surface area contributed by atoms with Gasteiger partial charge in [0, 0.05) is 7.05 Å². The number of hydrogen-bond acceptors (Lipinski definition) is 9. The molecule has 158 valence electrons. The maximum Gasteiger partial charge on any atom is 0.308 e. The van der Waals surface area contributed by atoms with E-state index in [0.29, 0.717) is 35.8 Å². The van der Waals surface area contributed by atoms with E-state index >= 15 is 0 Å². The van der Waals surface area contributed by atoms with Gasteiger partial charge in [0.1, 0.15) is 11.4 Å². The molecule has 2 atom stereocenters. The van der Waals surface area contributed by atoms with Crippen LogP contribution in [-0.4, -0.2) is 59.8 Å². The van der Waals surface area contributed by atoms with E-state index in [-0.39, 0.29) is 18.0 Å². The monoisotopic (exact) mass is 412 g/mol. The van der Waals surface area contributed by atoms with Gasteiger partial charge in [-0.2, -0.15) is 5.21 Å². The van der Waals surface area contributed by atoms with Crippen LogP contribution in [0.15, 0.2) is 12.1 Å². The molecule has 0 bridgehead atoms. The zero-order valence-electron chi connectivity index (χ0n) is 17.2. The molecule has 0 aliphatic heterocycles. The lowest BCUT2D eigenvalue weighted by Gasteiger charge is -2.28. The molecule has 0 saturated heterocycles. The predicted molar refractivity (Wildman–Crippen MR) is 104 cm³/mol. The molecule has 0 amide bonds. The Morgan fingerprint density at radius 2 is 2.17 bits per heavy atom. The first-order valence-corrected chi connectivity index (χ1v) is 9.88. The van der Waals surface area contributed by atoms with Crippen LogP contribution in [0.2, 0.25) is 0 Å². The van der Waals surface area contributed by atoms with Gasteiger partial charge >= 0.3 is 5.97 Å². The van der Waals surface area contributed by atoms with Crippen LogP contribution >= 0.6 is 0 Å². The average molecular weight is 412 g/mol. The molecule has 3 aromatic rings. The average Bonchev–Trinajstić information content (AvgIpc) is 3.40. The summed E-state index contributed by atoms with van der Waals surface area (Å²) < 4.78 is 12.8. The van der Waals surface area contributed by atoms with Crippen LogP contribution in [0.25, 0.3) is 11.4 Å². The van der Waals surface area contributed by atoms with Gasteiger partial charge < -0.3 is 9.47 Å². The van der Waals surface area contributed by atoms with Gasteiger partial charge in [-0.1, -0.05) is 10.4 Å². The number of H-pyrrole nitrogens is 1. The summed E-state index contributed by atoms with van der Waals surface area (Å²) in [6, 6.07) is 3.76. The fraction of sp³-hybridized carbons (Fsp3) is 0.526. The molecule has 30 heavy (non-hydrogen) atoms. The number of carbonyl (C=O) groups is 1. The lowest BCUT2D eigenvalue weighted by molar-refractivity contribution is -0.147. The van der Waals surface area contributed by atoms with E-state index in [0.717, 1.165) is 30.7 Å². The standard InChI is InChI=1S/C19H24N8O3/c1-11-16(30-13-6-4-5-12(9-13)19(28)29-3)8-7-14(20-11)18-15(27(2)26-23-18)10-17-21-24-25-22-17/h7-8,12-13H,4-6,9-10H2,1-3H3,(H,21,22,24,25)/t12-,13-/m0/s1. The molecule has 1 fully saturated rings. The van der Waals surface area contributed by atoms with Crippen molar-refractivity contribution in [1.82, 2.24) is 40.6 Å². The van der Waals surface area contributed by atoms with E-state index in [4.69, 9.17) is 9.47 Å². The molecule has 0 radical (unpaired) electrons. The summed E-state index contributed by atoms with van der Waals surface area (Å²) in [7, 11) is 3.25. The zero-order chi connectivity index (χ0) is 21.1. The maximum absolute atomic E-state index is 11.9. The van der Waals surface area contributed by atoms with Crippen molar-refractivity contribution in [3.8, 4) is 17.1 Å². The predicted octanol–water partition coefficient (Wildman–Crippen LogP) is 1.40. The number of rotatable bonds is 6. The van der Waals surface area contributed by atoms with Crippen molar-refractivity contribution in [3.63, 3.8) is 0 Å². The van der Waals surface area contributed by atoms with Crippen LogP contribution in [0.5, 0.6) is 5.75 Å². The van der Waals surface area contributed by atoms with Gasteiger partial charge in [-0.05, 0) is 44.7 Å². The molecule has 1 aliphatic rings. The molecule has 1 saturated carbocycles. The number of carbonyl (C=O) groups excluding carboxylic acids is 1. The Kier molecular flexibility index (Phi) is 5.68. The first-order chi connectivity index (χ1) is 14.5. The Morgan fingerprint density at radius 1 is 1.30 bits per heavy atom. The third-order valence-corrected chi connectivity index (χ3v) is 5.39. The summed E-state index contributed by atoms with van der Waals surface area (Å²) in [5.74, 6) is 0.993. The fourth-order valence-corrected chi connectivity index (χ4v) is 3.80. The van der Waals surface area contributed by atoms with Crippen LogP contribution in [0.4, 0.5) is 0 Å². The Balaban J connectivity index is 1.51. The summed E-state index contributed by atoms with van der Waals surface area (Å²) in [5.41, 5.74) is 2.96. The largest absolute Gasteiger partial charge is 0.489 e. The van der Waals surface area contributed by atoms with Crippen LogP contribution in [0.1, 0.15) is 42.9 Å². The number of aromatic amines is 1. The highest BCUT2D eigenvalue weighted by Gasteiger charge is 2.29. The fourth-order valence-electron chi connectivity index (χ4n) is 3.80. The number of aromatic nitrogens is 8. The summed E-state index contributed by atoms with van der Waals surface area (Å²) in [6.07, 6.45) is 3.76. The van der Waals surface area contributed by atoms with Crippen molar-refractivity contribution in [2.75, 3.05) is 7.11 Å². The number of pyridine rings is 1. The number of aryl methyl sites for hydroxylation is 2. The molecule has 1 aliphatic carbocycles. The Morgan fingerprint density at radius 3 is 2.90 bits per heavy atom. The molecule has 1 N–H and O–H groups in total. The third-order valence-electron chi connectivity index (χ3n) is 5.39. The number of esters is 1. The first kappa shape index (κ1) is 19.9. The van der Waals surface area contributed by atoms with E-state index in [9.17, 15) is 4.79 Å². The van der Waals surface area contributed by atoms with Crippen molar-refractivity contribution in [1.29, 1.82) is 0 Å². The zero-order valence-corrected chi connectivity index (χ0v) is 17.2. The molecular weight excluding hydrogens is 388 g/mol. The number of methoxy groups -OCH3 is 1. The van der Waals surface area contributed by atoms with Gasteiger partial charge in [-0.25, -0.2) is 4.98 Å². The minimum absolute atomic E-state index is 0.0282. The van der Waals surface area contributed by atoms with E-state index < -0.39 is 0 Å². The van der Waals surface area contributed by atoms with Gasteiger partial charge in [0.15, 0.2) is 5.82 Å². The highest BCUT2D eigenvalue weighted by molar-refractivity contribution is 5.72. The molecular formula is C19H24N8O3. The number of nitrogens with zero attached hydrogens (tertiary/aromatic N) is 7. The molecule has 0 unspecified atom stereocenters. The van der Waals surface area contributed by atoms with Crippen LogP contribution in [0, 0.1) is 12.8 Å². The number of hydrogen-bond donors (Lipinski definition) is 1. The SMILES string of the molecule is COC(=O)[C@H]1CCC[C@H](Oc2ccc(-c3nnn(C)c3Cc3nn[nH]n3)nc2C)C1. The minimum atomic E-state index is -0.162. The molecule has 3 heterocycles. The van der Waals surface area contributed by atoms with Crippen LogP contribution in [0.3, 0.4) is 0 Å². The van der Waals surface area contributed by atoms with Crippen molar-refractivity contribution in [2.24, 2.45) is 13.0 Å². The van der Waals surface area contributed by atoms with E-state index in [1.807, 2.05) is 26.1 Å². The highest BCUT2D eigenvalue weighted by atomic mass is 16.5. The van der Waals surface area contributed by atoms with E-state index in [1.54, 1.807) is 4.68 Å². The summed E-state index contributed by atoms with van der Waals surface area (Å²) in [5, 5.41) is 22.4. The van der Waals surface area contributed by atoms with Gasteiger partial charge in [0.2, 0.25) is 0 Å².